The minimum Gasteiger partial charge on any atom is -0.376 e. The summed E-state index contributed by atoms with van der Waals surface area (Å²) in [6.45, 7) is 0.0923. The summed E-state index contributed by atoms with van der Waals surface area (Å²) in [5.74, 6) is -0.200. The predicted octanol–water partition coefficient (Wildman–Crippen LogP) is 4.53. The van der Waals surface area contributed by atoms with E-state index in [-0.39, 0.29) is 12.5 Å². The Hall–Kier alpha value is -2.35. The Kier molecular flexibility index (Phi) is 4.20. The van der Waals surface area contributed by atoms with E-state index in [2.05, 4.69) is 25.8 Å². The number of thiazole rings is 1. The molecule has 0 aliphatic carbocycles. The minimum absolute atomic E-state index is 0.0923. The molecule has 4 rings (SSSR count). The molecule has 0 saturated carbocycles. The zero-order valence-electron chi connectivity index (χ0n) is 12.6. The molecule has 6 nitrogen and oxygen atoms in total. The highest BCUT2D eigenvalue weighted by atomic mass is 35.5. The monoisotopic (exact) mass is 391 g/mol. The summed E-state index contributed by atoms with van der Waals surface area (Å²) in [5.41, 5.74) is 2.48. The van der Waals surface area contributed by atoms with Crippen molar-refractivity contribution in [2.45, 2.75) is 0 Å². The first-order valence-electron chi connectivity index (χ1n) is 7.31. The zero-order valence-corrected chi connectivity index (χ0v) is 15.0. The highest BCUT2D eigenvalue weighted by Crippen LogP contribution is 2.31. The number of halogens is 2. The first-order valence-corrected chi connectivity index (χ1v) is 8.89. The second kappa shape index (κ2) is 6.51. The van der Waals surface area contributed by atoms with E-state index >= 15 is 0 Å². The SMILES string of the molecule is O=C(CNc1ccc(Cl)c(Cl)c1)Nc1nc2ccc3[nH]ncc3c2s1. The number of nitrogens with zero attached hydrogens (tertiary/aromatic N) is 2. The molecule has 0 fully saturated rings. The van der Waals surface area contributed by atoms with Crippen molar-refractivity contribution in [2.24, 2.45) is 0 Å². The summed E-state index contributed by atoms with van der Waals surface area (Å²) < 4.78 is 0.985. The molecule has 4 aromatic rings. The van der Waals surface area contributed by atoms with Crippen molar-refractivity contribution in [3.05, 3.63) is 46.6 Å². The van der Waals surface area contributed by atoms with Crippen LogP contribution in [0.4, 0.5) is 10.8 Å². The fraction of sp³-hybridized carbons (Fsp3) is 0.0625. The summed E-state index contributed by atoms with van der Waals surface area (Å²) in [4.78, 5) is 16.6. The zero-order chi connectivity index (χ0) is 17.4. The van der Waals surface area contributed by atoms with E-state index in [1.807, 2.05) is 12.1 Å². The summed E-state index contributed by atoms with van der Waals surface area (Å²) in [6.07, 6.45) is 1.76. The molecule has 3 N–H and O–H groups in total. The van der Waals surface area contributed by atoms with E-state index in [1.165, 1.54) is 11.3 Å². The van der Waals surface area contributed by atoms with Gasteiger partial charge in [0.15, 0.2) is 5.13 Å². The number of amides is 1. The molecule has 0 aliphatic heterocycles. The van der Waals surface area contributed by atoms with Crippen LogP contribution in [0.25, 0.3) is 21.1 Å². The van der Waals surface area contributed by atoms with Crippen molar-refractivity contribution in [1.82, 2.24) is 15.2 Å². The molecule has 0 saturated heterocycles. The average molecular weight is 392 g/mol. The van der Waals surface area contributed by atoms with Crippen LogP contribution in [-0.2, 0) is 4.79 Å². The van der Waals surface area contributed by atoms with Crippen LogP contribution in [0.3, 0.4) is 0 Å². The van der Waals surface area contributed by atoms with E-state index in [0.717, 1.165) is 21.1 Å². The Morgan fingerprint density at radius 2 is 2.08 bits per heavy atom. The Labute approximate surface area is 156 Å². The highest BCUT2D eigenvalue weighted by Gasteiger charge is 2.11. The number of aromatic nitrogens is 3. The van der Waals surface area contributed by atoms with Crippen molar-refractivity contribution in [3.63, 3.8) is 0 Å². The Morgan fingerprint density at radius 3 is 2.92 bits per heavy atom. The van der Waals surface area contributed by atoms with Crippen molar-refractivity contribution < 1.29 is 4.79 Å². The molecule has 2 heterocycles. The fourth-order valence-corrected chi connectivity index (χ4v) is 3.70. The number of anilines is 2. The minimum atomic E-state index is -0.200. The molecule has 0 atom stereocenters. The quantitative estimate of drug-likeness (QED) is 0.477. The average Bonchev–Trinajstić information content (AvgIpc) is 3.21. The van der Waals surface area contributed by atoms with Gasteiger partial charge in [0.25, 0.3) is 0 Å². The van der Waals surface area contributed by atoms with Crippen LogP contribution in [0.15, 0.2) is 36.5 Å². The molecule has 0 spiro atoms. The van der Waals surface area contributed by atoms with Gasteiger partial charge in [-0.2, -0.15) is 5.10 Å². The molecule has 0 unspecified atom stereocenters. The largest absolute Gasteiger partial charge is 0.376 e. The van der Waals surface area contributed by atoms with Gasteiger partial charge in [0, 0.05) is 11.1 Å². The molecular weight excluding hydrogens is 381 g/mol. The first-order chi connectivity index (χ1) is 12.1. The van der Waals surface area contributed by atoms with E-state index in [9.17, 15) is 4.79 Å². The Morgan fingerprint density at radius 1 is 1.20 bits per heavy atom. The normalized spacial score (nSPS) is 11.1. The lowest BCUT2D eigenvalue weighted by molar-refractivity contribution is -0.114. The van der Waals surface area contributed by atoms with Gasteiger partial charge < -0.3 is 10.6 Å². The molecular formula is C16H11Cl2N5OS. The van der Waals surface area contributed by atoms with E-state index in [1.54, 1.807) is 24.4 Å². The highest BCUT2D eigenvalue weighted by molar-refractivity contribution is 7.23. The van der Waals surface area contributed by atoms with Crippen LogP contribution in [0.2, 0.25) is 10.0 Å². The van der Waals surface area contributed by atoms with Crippen molar-refractivity contribution in [3.8, 4) is 0 Å². The van der Waals surface area contributed by atoms with Crippen molar-refractivity contribution in [1.29, 1.82) is 0 Å². The maximum Gasteiger partial charge on any atom is 0.245 e. The summed E-state index contributed by atoms with van der Waals surface area (Å²) in [6, 6.07) is 8.92. The number of carbonyl (C=O) groups is 1. The third-order valence-electron chi connectivity index (χ3n) is 3.59. The summed E-state index contributed by atoms with van der Waals surface area (Å²) in [5, 5.41) is 15.2. The van der Waals surface area contributed by atoms with Gasteiger partial charge in [0.05, 0.1) is 38.5 Å². The number of rotatable bonds is 4. The third kappa shape index (κ3) is 3.26. The van der Waals surface area contributed by atoms with Gasteiger partial charge in [-0.3, -0.25) is 9.89 Å². The smallest absolute Gasteiger partial charge is 0.245 e. The Balaban J connectivity index is 1.46. The number of aromatic amines is 1. The third-order valence-corrected chi connectivity index (χ3v) is 5.35. The fourth-order valence-electron chi connectivity index (χ4n) is 2.41. The number of nitrogens with one attached hydrogen (secondary N) is 3. The molecule has 2 aromatic carbocycles. The second-order valence-corrected chi connectivity index (χ2v) is 7.11. The molecule has 9 heteroatoms. The maximum absolute atomic E-state index is 12.1. The second-order valence-electron chi connectivity index (χ2n) is 5.29. The van der Waals surface area contributed by atoms with Gasteiger partial charge in [0.1, 0.15) is 0 Å². The van der Waals surface area contributed by atoms with Crippen LogP contribution in [0.1, 0.15) is 0 Å². The molecule has 126 valence electrons. The van der Waals surface area contributed by atoms with Gasteiger partial charge >= 0.3 is 0 Å². The standard InChI is InChI=1S/C16H11Cl2N5OS/c17-10-2-1-8(5-11(10)18)19-7-14(24)22-16-21-13-4-3-12-9(6-20-23-12)15(13)25-16/h1-6,19H,7H2,(H,20,23)(H,21,22,24). The van der Waals surface area contributed by atoms with Crippen molar-refractivity contribution in [2.75, 3.05) is 17.2 Å². The predicted molar refractivity (Wildman–Crippen MR) is 103 cm³/mol. The molecule has 1 amide bonds. The summed E-state index contributed by atoms with van der Waals surface area (Å²) >= 11 is 13.2. The van der Waals surface area contributed by atoms with Crippen LogP contribution in [0, 0.1) is 0 Å². The van der Waals surface area contributed by atoms with Gasteiger partial charge in [-0.15, -0.1) is 0 Å². The Bertz CT molecular complexity index is 1090. The number of benzene rings is 2. The van der Waals surface area contributed by atoms with Crippen LogP contribution < -0.4 is 10.6 Å². The number of hydrogen-bond acceptors (Lipinski definition) is 5. The van der Waals surface area contributed by atoms with Crippen LogP contribution >= 0.6 is 34.5 Å². The first kappa shape index (κ1) is 16.1. The van der Waals surface area contributed by atoms with E-state index in [0.29, 0.717) is 20.9 Å². The number of carbonyl (C=O) groups excluding carboxylic acids is 1. The molecule has 2 aromatic heterocycles. The number of H-pyrrole nitrogens is 1. The van der Waals surface area contributed by atoms with Gasteiger partial charge in [-0.25, -0.2) is 4.98 Å². The lowest BCUT2D eigenvalue weighted by Crippen LogP contribution is -2.21. The van der Waals surface area contributed by atoms with E-state index in [4.69, 9.17) is 23.2 Å². The topological polar surface area (TPSA) is 82.7 Å². The summed E-state index contributed by atoms with van der Waals surface area (Å²) in [7, 11) is 0. The maximum atomic E-state index is 12.1. The van der Waals surface area contributed by atoms with Gasteiger partial charge in [0.2, 0.25) is 5.91 Å². The van der Waals surface area contributed by atoms with E-state index < -0.39 is 0 Å². The van der Waals surface area contributed by atoms with Crippen LogP contribution in [-0.4, -0.2) is 27.6 Å². The lowest BCUT2D eigenvalue weighted by Gasteiger charge is -2.07. The van der Waals surface area contributed by atoms with Crippen molar-refractivity contribution >= 4 is 72.4 Å². The van der Waals surface area contributed by atoms with Gasteiger partial charge in [-0.1, -0.05) is 34.5 Å². The van der Waals surface area contributed by atoms with Crippen LogP contribution in [0.5, 0.6) is 0 Å². The van der Waals surface area contributed by atoms with Gasteiger partial charge in [-0.05, 0) is 30.3 Å². The molecule has 0 radical (unpaired) electrons. The molecule has 25 heavy (non-hydrogen) atoms. The lowest BCUT2D eigenvalue weighted by atomic mass is 10.2. The number of hydrogen-bond donors (Lipinski definition) is 3. The molecule has 0 aliphatic rings. The number of fused-ring (bicyclic) bond motifs is 3. The molecule has 0 bridgehead atoms.